The molecule has 0 heterocycles. The summed E-state index contributed by atoms with van der Waals surface area (Å²) >= 11 is 0. The summed E-state index contributed by atoms with van der Waals surface area (Å²) < 4.78 is 0. The van der Waals surface area contributed by atoms with Crippen LogP contribution in [0, 0.1) is 29.6 Å². The maximum Gasteiger partial charge on any atom is 0.254 e. The number of hydrogen-bond acceptors (Lipinski definition) is 7. The van der Waals surface area contributed by atoms with Crippen molar-refractivity contribution in [3.8, 4) is 5.75 Å². The van der Waals surface area contributed by atoms with Crippen molar-refractivity contribution in [3.05, 3.63) is 86.0 Å². The molecule has 0 bridgehead atoms. The van der Waals surface area contributed by atoms with Crippen LogP contribution >= 0.6 is 0 Å². The highest BCUT2D eigenvalue weighted by molar-refractivity contribution is 6.28. The lowest BCUT2D eigenvalue weighted by atomic mass is 9.60. The number of amides is 1. The van der Waals surface area contributed by atoms with E-state index in [1.165, 1.54) is 17.2 Å². The molecule has 36 heavy (non-hydrogen) atoms. The monoisotopic (exact) mass is 486 g/mol. The maximum atomic E-state index is 13.5. The molecule has 3 aliphatic rings. The lowest BCUT2D eigenvalue weighted by Crippen LogP contribution is -2.46. The van der Waals surface area contributed by atoms with Gasteiger partial charge in [-0.1, -0.05) is 35.9 Å². The van der Waals surface area contributed by atoms with Crippen LogP contribution in [0.1, 0.15) is 40.7 Å². The number of allylic oxidation sites excluding steroid dienone is 2. The second-order valence-corrected chi connectivity index (χ2v) is 9.93. The Morgan fingerprint density at radius 1 is 1.03 bits per heavy atom. The van der Waals surface area contributed by atoms with Crippen LogP contribution in [0.3, 0.4) is 0 Å². The Labute approximate surface area is 207 Å². The minimum absolute atomic E-state index is 0.00163. The molecule has 0 radical (unpaired) electrons. The zero-order valence-electron chi connectivity index (χ0n) is 19.8. The van der Waals surface area contributed by atoms with E-state index >= 15 is 0 Å². The molecule has 2 aromatic carbocycles. The van der Waals surface area contributed by atoms with Crippen LogP contribution < -0.4 is 5.73 Å². The second-order valence-electron chi connectivity index (χ2n) is 9.93. The number of Topliss-reactive ketones (excluding diaryl/α,β-unsaturated/α-hetero) is 2. The number of nitrogens with two attached hydrogens (primary N) is 1. The van der Waals surface area contributed by atoms with Crippen LogP contribution in [0.4, 0.5) is 0 Å². The standard InChI is InChI=1S/C28H26N2O6/c1-13-2-4-14(5-3-13)6-7-15-8-9-20(31)23-18(15)11-16-10-17-12-19(30-36)24(28(29)35)27(34)22(17)25(32)21(16)26(23)33/h2-5,8-9,16-17,22,31,33H,6-7,10-12H2,1H3,(H2,29,35)/t16-,17+,22?/m1/s1. The highest BCUT2D eigenvalue weighted by Crippen LogP contribution is 2.50. The summed E-state index contributed by atoms with van der Waals surface area (Å²) in [7, 11) is 0. The van der Waals surface area contributed by atoms with E-state index in [0.29, 0.717) is 19.3 Å². The molecule has 1 unspecified atom stereocenters. The summed E-state index contributed by atoms with van der Waals surface area (Å²) in [5, 5.41) is 24.7. The molecule has 184 valence electrons. The van der Waals surface area contributed by atoms with Crippen molar-refractivity contribution in [2.45, 2.75) is 39.0 Å². The van der Waals surface area contributed by atoms with Gasteiger partial charge in [0.25, 0.3) is 5.91 Å². The van der Waals surface area contributed by atoms with Crippen LogP contribution in [-0.2, 0) is 33.6 Å². The number of rotatable bonds is 5. The maximum absolute atomic E-state index is 13.5. The third kappa shape index (κ3) is 3.73. The Balaban J connectivity index is 1.52. The molecular weight excluding hydrogens is 460 g/mol. The van der Waals surface area contributed by atoms with Gasteiger partial charge in [-0.15, -0.1) is 4.91 Å². The number of phenolic OH excluding ortho intramolecular Hbond substituents is 1. The molecule has 8 heteroatoms. The minimum Gasteiger partial charge on any atom is -0.507 e. The van der Waals surface area contributed by atoms with Crippen molar-refractivity contribution in [2.24, 2.45) is 28.7 Å². The average molecular weight is 487 g/mol. The van der Waals surface area contributed by atoms with Gasteiger partial charge < -0.3 is 15.9 Å². The Bertz CT molecular complexity index is 1390. The fourth-order valence-electron chi connectivity index (χ4n) is 6.05. The van der Waals surface area contributed by atoms with E-state index in [4.69, 9.17) is 5.73 Å². The van der Waals surface area contributed by atoms with Crippen LogP contribution in [0.15, 0.2) is 58.4 Å². The van der Waals surface area contributed by atoms with Gasteiger partial charge >= 0.3 is 0 Å². The summed E-state index contributed by atoms with van der Waals surface area (Å²) in [6.07, 6.45) is 2.22. The molecule has 1 amide bonds. The fraction of sp³-hybridized carbons (Fsp3) is 0.321. The van der Waals surface area contributed by atoms with Gasteiger partial charge in [0.1, 0.15) is 22.8 Å². The predicted molar refractivity (Wildman–Crippen MR) is 132 cm³/mol. The molecule has 1 saturated carbocycles. The number of nitrogens with zero attached hydrogens (tertiary/aromatic N) is 1. The quantitative estimate of drug-likeness (QED) is 0.334. The van der Waals surface area contributed by atoms with Crippen LogP contribution in [0.25, 0.3) is 5.76 Å². The topological polar surface area (TPSA) is 147 Å². The summed E-state index contributed by atoms with van der Waals surface area (Å²) in [5.74, 6) is -5.07. The summed E-state index contributed by atoms with van der Waals surface area (Å²) in [6, 6.07) is 11.6. The lowest BCUT2D eigenvalue weighted by Gasteiger charge is -2.41. The third-order valence-corrected chi connectivity index (χ3v) is 7.78. The van der Waals surface area contributed by atoms with Gasteiger partial charge in [0.2, 0.25) is 0 Å². The van der Waals surface area contributed by atoms with Crippen molar-refractivity contribution in [3.63, 3.8) is 0 Å². The molecule has 4 N–H and O–H groups in total. The first-order valence-corrected chi connectivity index (χ1v) is 12.0. The number of hydrogen-bond donors (Lipinski definition) is 3. The number of benzene rings is 2. The van der Waals surface area contributed by atoms with E-state index in [1.807, 2.05) is 13.0 Å². The SMILES string of the molecule is Cc1ccc(CCc2ccc(O)c3c2C[C@H]2C[C@H]4CC(N=O)=C(C(N)=O)C(=O)C4C(=O)C2=C3O)cc1. The molecule has 0 aliphatic heterocycles. The largest absolute Gasteiger partial charge is 0.507 e. The number of fused-ring (bicyclic) bond motifs is 3. The summed E-state index contributed by atoms with van der Waals surface area (Å²) in [6.45, 7) is 2.03. The zero-order chi connectivity index (χ0) is 25.7. The minimum atomic E-state index is -1.21. The average Bonchev–Trinajstić information content (AvgIpc) is 2.83. The van der Waals surface area contributed by atoms with Gasteiger partial charge in [0.15, 0.2) is 11.6 Å². The Morgan fingerprint density at radius 3 is 2.42 bits per heavy atom. The second kappa shape index (κ2) is 8.86. The number of aliphatic hydroxyl groups is 1. The number of primary amides is 1. The summed E-state index contributed by atoms with van der Waals surface area (Å²) in [5.41, 5.74) is 8.96. The highest BCUT2D eigenvalue weighted by Gasteiger charge is 2.51. The van der Waals surface area contributed by atoms with E-state index < -0.39 is 34.9 Å². The Kier molecular flexibility index (Phi) is 5.82. The van der Waals surface area contributed by atoms with E-state index in [1.54, 1.807) is 0 Å². The number of phenols is 1. The molecule has 5 rings (SSSR count). The molecule has 0 spiro atoms. The van der Waals surface area contributed by atoms with Gasteiger partial charge in [-0.3, -0.25) is 14.4 Å². The number of aromatic hydroxyl groups is 1. The molecule has 1 fully saturated rings. The highest BCUT2D eigenvalue weighted by atomic mass is 16.3. The van der Waals surface area contributed by atoms with E-state index in [9.17, 15) is 29.5 Å². The van der Waals surface area contributed by atoms with Crippen LogP contribution in [0.2, 0.25) is 0 Å². The predicted octanol–water partition coefficient (Wildman–Crippen LogP) is 3.61. The smallest absolute Gasteiger partial charge is 0.254 e. The Hall–Kier alpha value is -4.07. The van der Waals surface area contributed by atoms with Gasteiger partial charge in [-0.2, -0.15) is 0 Å². The first kappa shape index (κ1) is 23.7. The summed E-state index contributed by atoms with van der Waals surface area (Å²) in [4.78, 5) is 49.7. The number of carbonyl (C=O) groups is 3. The van der Waals surface area contributed by atoms with Gasteiger partial charge in [0.05, 0.1) is 11.5 Å². The first-order chi connectivity index (χ1) is 17.2. The van der Waals surface area contributed by atoms with Crippen LogP contribution in [0.5, 0.6) is 5.75 Å². The van der Waals surface area contributed by atoms with E-state index in [0.717, 1.165) is 17.5 Å². The van der Waals surface area contributed by atoms with Crippen molar-refractivity contribution < 1.29 is 24.6 Å². The number of aryl methyl sites for hydroxylation is 3. The molecule has 3 aliphatic carbocycles. The third-order valence-electron chi connectivity index (χ3n) is 7.78. The van der Waals surface area contributed by atoms with E-state index in [2.05, 4.69) is 29.4 Å². The lowest BCUT2D eigenvalue weighted by molar-refractivity contribution is -0.134. The molecule has 8 nitrogen and oxygen atoms in total. The van der Waals surface area contributed by atoms with Gasteiger partial charge in [0, 0.05) is 5.57 Å². The first-order valence-electron chi connectivity index (χ1n) is 12.0. The number of carbonyl (C=O) groups excluding carboxylic acids is 3. The van der Waals surface area contributed by atoms with Crippen molar-refractivity contribution in [1.82, 2.24) is 0 Å². The van der Waals surface area contributed by atoms with Gasteiger partial charge in [-0.25, -0.2) is 0 Å². The van der Waals surface area contributed by atoms with Crippen molar-refractivity contribution in [1.29, 1.82) is 0 Å². The molecule has 2 aromatic rings. The molecule has 0 aromatic heterocycles. The molecular formula is C28H26N2O6. The molecule has 0 saturated heterocycles. The Morgan fingerprint density at radius 2 is 1.75 bits per heavy atom. The normalized spacial score (nSPS) is 23.2. The fourth-order valence-corrected chi connectivity index (χ4v) is 6.05. The molecule has 3 atom stereocenters. The van der Waals surface area contributed by atoms with Crippen molar-refractivity contribution in [2.75, 3.05) is 0 Å². The van der Waals surface area contributed by atoms with E-state index in [-0.39, 0.29) is 40.7 Å². The number of ketones is 2. The zero-order valence-corrected chi connectivity index (χ0v) is 19.8. The van der Waals surface area contributed by atoms with Gasteiger partial charge in [-0.05, 0) is 78.8 Å². The van der Waals surface area contributed by atoms with Crippen molar-refractivity contribution >= 4 is 23.2 Å². The van der Waals surface area contributed by atoms with Crippen LogP contribution in [-0.4, -0.2) is 27.7 Å². The number of aliphatic hydroxyl groups excluding tert-OH is 1. The number of nitroso groups, excluding NO2 is 1.